The minimum atomic E-state index is -0.680. The van der Waals surface area contributed by atoms with E-state index in [2.05, 4.69) is 0 Å². The summed E-state index contributed by atoms with van der Waals surface area (Å²) < 4.78 is 10.4. The number of hydrogen-bond donors (Lipinski definition) is 0. The van der Waals surface area contributed by atoms with E-state index in [1.165, 1.54) is 13.2 Å². The zero-order valence-corrected chi connectivity index (χ0v) is 11.7. The molecule has 0 aliphatic heterocycles. The van der Waals surface area contributed by atoms with Crippen LogP contribution in [0.4, 0.5) is 5.69 Å². The molecule has 1 saturated carbocycles. The number of hydrogen-bond acceptors (Lipinski definition) is 5. The topological polar surface area (TPSA) is 78.7 Å². The third-order valence-corrected chi connectivity index (χ3v) is 3.43. The number of nitro benzene ring substituents is 1. The zero-order chi connectivity index (χ0) is 14.9. The molecule has 20 heavy (non-hydrogen) atoms. The highest BCUT2D eigenvalue weighted by atomic mass is 16.6. The molecule has 1 unspecified atom stereocenters. The van der Waals surface area contributed by atoms with Gasteiger partial charge in [-0.05, 0) is 38.3 Å². The van der Waals surface area contributed by atoms with E-state index in [9.17, 15) is 14.9 Å². The molecule has 0 radical (unpaired) electrons. The molecule has 0 bridgehead atoms. The maximum absolute atomic E-state index is 11.7. The average Bonchev–Trinajstić information content (AvgIpc) is 3.20. The molecule has 1 aliphatic carbocycles. The van der Waals surface area contributed by atoms with Gasteiger partial charge in [0.2, 0.25) is 0 Å². The maximum Gasteiger partial charge on any atom is 0.347 e. The smallest absolute Gasteiger partial charge is 0.347 e. The normalized spacial score (nSPS) is 15.6. The zero-order valence-electron chi connectivity index (χ0n) is 11.7. The van der Waals surface area contributed by atoms with Gasteiger partial charge in [-0.2, -0.15) is 0 Å². The molecule has 2 rings (SSSR count). The van der Waals surface area contributed by atoms with Gasteiger partial charge in [-0.1, -0.05) is 0 Å². The third kappa shape index (κ3) is 2.89. The van der Waals surface area contributed by atoms with Crippen molar-refractivity contribution in [1.82, 2.24) is 0 Å². The molecule has 6 heteroatoms. The Labute approximate surface area is 116 Å². The quantitative estimate of drug-likeness (QED) is 0.470. The molecular formula is C14H17NO5. The second-order valence-corrected chi connectivity index (χ2v) is 5.06. The number of methoxy groups -OCH3 is 1. The average molecular weight is 279 g/mol. The van der Waals surface area contributed by atoms with Gasteiger partial charge in [0, 0.05) is 11.5 Å². The van der Waals surface area contributed by atoms with Crippen molar-refractivity contribution in [2.24, 2.45) is 5.92 Å². The van der Waals surface area contributed by atoms with E-state index >= 15 is 0 Å². The Kier molecular flexibility index (Phi) is 3.92. The number of carbonyl (C=O) groups excluding carboxylic acids is 1. The monoisotopic (exact) mass is 279 g/mol. The minimum Gasteiger partial charge on any atom is -0.478 e. The second-order valence-electron chi connectivity index (χ2n) is 5.06. The number of ether oxygens (including phenoxy) is 2. The largest absolute Gasteiger partial charge is 0.478 e. The van der Waals surface area contributed by atoms with Crippen LogP contribution >= 0.6 is 0 Å². The lowest BCUT2D eigenvalue weighted by Gasteiger charge is -2.18. The number of nitrogens with zero attached hydrogens (tertiary/aromatic N) is 1. The highest BCUT2D eigenvalue weighted by Gasteiger charge is 2.39. The molecule has 0 aromatic heterocycles. The summed E-state index contributed by atoms with van der Waals surface area (Å²) >= 11 is 0. The number of benzene rings is 1. The molecule has 1 atom stereocenters. The molecule has 0 spiro atoms. The first-order valence-electron chi connectivity index (χ1n) is 6.44. The summed E-state index contributed by atoms with van der Waals surface area (Å²) in [4.78, 5) is 22.2. The third-order valence-electron chi connectivity index (χ3n) is 3.43. The van der Waals surface area contributed by atoms with Crippen molar-refractivity contribution in [3.05, 3.63) is 33.4 Å². The molecule has 1 fully saturated rings. The van der Waals surface area contributed by atoms with Gasteiger partial charge in [0.05, 0.1) is 18.1 Å². The van der Waals surface area contributed by atoms with Gasteiger partial charge in [-0.15, -0.1) is 0 Å². The summed E-state index contributed by atoms with van der Waals surface area (Å²) in [6, 6.07) is 3.07. The maximum atomic E-state index is 11.7. The molecular weight excluding hydrogens is 262 g/mol. The van der Waals surface area contributed by atoms with Crippen LogP contribution < -0.4 is 4.74 Å². The van der Waals surface area contributed by atoms with Gasteiger partial charge in [-0.25, -0.2) is 4.79 Å². The van der Waals surface area contributed by atoms with E-state index in [0.717, 1.165) is 18.4 Å². The van der Waals surface area contributed by atoms with Crippen LogP contribution in [0.1, 0.15) is 24.0 Å². The van der Waals surface area contributed by atoms with Crippen molar-refractivity contribution in [3.63, 3.8) is 0 Å². The summed E-state index contributed by atoms with van der Waals surface area (Å²) in [5.41, 5.74) is 1.33. The van der Waals surface area contributed by atoms with Gasteiger partial charge in [0.1, 0.15) is 5.75 Å². The van der Waals surface area contributed by atoms with Crippen LogP contribution in [-0.2, 0) is 9.53 Å². The van der Waals surface area contributed by atoms with E-state index in [0.29, 0.717) is 11.3 Å². The van der Waals surface area contributed by atoms with Crippen LogP contribution in [0.2, 0.25) is 0 Å². The van der Waals surface area contributed by atoms with Crippen LogP contribution in [0.25, 0.3) is 0 Å². The molecule has 6 nitrogen and oxygen atoms in total. The Hall–Kier alpha value is -2.11. The molecule has 0 amide bonds. The van der Waals surface area contributed by atoms with Gasteiger partial charge < -0.3 is 9.47 Å². The van der Waals surface area contributed by atoms with Gasteiger partial charge in [-0.3, -0.25) is 10.1 Å². The van der Waals surface area contributed by atoms with Crippen LogP contribution in [0.3, 0.4) is 0 Å². The highest BCUT2D eigenvalue weighted by Crippen LogP contribution is 2.37. The lowest BCUT2D eigenvalue weighted by Crippen LogP contribution is -2.31. The summed E-state index contributed by atoms with van der Waals surface area (Å²) in [6.45, 7) is 3.47. The summed E-state index contributed by atoms with van der Waals surface area (Å²) in [6.07, 6.45) is 1.14. The van der Waals surface area contributed by atoms with Crippen LogP contribution in [0.5, 0.6) is 5.75 Å². The molecule has 0 N–H and O–H groups in total. The fourth-order valence-corrected chi connectivity index (χ4v) is 2.13. The Balaban J connectivity index is 2.29. The summed E-state index contributed by atoms with van der Waals surface area (Å²) in [5.74, 6) is 0.0712. The number of aryl methyl sites for hydroxylation is 2. The lowest BCUT2D eigenvalue weighted by molar-refractivity contribution is -0.385. The molecule has 1 aromatic rings. The van der Waals surface area contributed by atoms with E-state index in [1.807, 2.05) is 0 Å². The van der Waals surface area contributed by atoms with Crippen molar-refractivity contribution in [1.29, 1.82) is 0 Å². The predicted molar refractivity (Wildman–Crippen MR) is 71.7 cm³/mol. The van der Waals surface area contributed by atoms with E-state index in [-0.39, 0.29) is 11.6 Å². The Morgan fingerprint density at radius 3 is 2.50 bits per heavy atom. The molecule has 0 heterocycles. The first-order chi connectivity index (χ1) is 9.43. The van der Waals surface area contributed by atoms with E-state index < -0.39 is 17.0 Å². The van der Waals surface area contributed by atoms with Gasteiger partial charge in [0.15, 0.2) is 6.10 Å². The fourth-order valence-electron chi connectivity index (χ4n) is 2.13. The second kappa shape index (κ2) is 5.48. The molecule has 0 saturated heterocycles. The van der Waals surface area contributed by atoms with Crippen molar-refractivity contribution in [2.75, 3.05) is 7.11 Å². The Morgan fingerprint density at radius 2 is 2.00 bits per heavy atom. The van der Waals surface area contributed by atoms with Crippen molar-refractivity contribution < 1.29 is 19.2 Å². The Bertz CT molecular complexity index is 551. The summed E-state index contributed by atoms with van der Waals surface area (Å²) in [7, 11) is 1.31. The van der Waals surface area contributed by atoms with Crippen LogP contribution in [0, 0.1) is 29.9 Å². The highest BCUT2D eigenvalue weighted by molar-refractivity contribution is 5.76. The number of rotatable bonds is 5. The molecule has 108 valence electrons. The SMILES string of the molecule is COC(=O)C(Oc1cc([N+](=O)[O-])c(C)cc1C)C1CC1. The van der Waals surface area contributed by atoms with Crippen LogP contribution in [0.15, 0.2) is 12.1 Å². The summed E-state index contributed by atoms with van der Waals surface area (Å²) in [5, 5.41) is 11.0. The van der Waals surface area contributed by atoms with Crippen molar-refractivity contribution >= 4 is 11.7 Å². The van der Waals surface area contributed by atoms with E-state index in [4.69, 9.17) is 9.47 Å². The van der Waals surface area contributed by atoms with E-state index in [1.54, 1.807) is 19.9 Å². The number of nitro groups is 1. The van der Waals surface area contributed by atoms with Gasteiger partial charge >= 0.3 is 5.97 Å². The fraction of sp³-hybridized carbons (Fsp3) is 0.500. The lowest BCUT2D eigenvalue weighted by atomic mass is 10.1. The van der Waals surface area contributed by atoms with Crippen LogP contribution in [-0.4, -0.2) is 24.1 Å². The first-order valence-corrected chi connectivity index (χ1v) is 6.44. The Morgan fingerprint density at radius 1 is 1.35 bits per heavy atom. The first kappa shape index (κ1) is 14.3. The van der Waals surface area contributed by atoms with Crippen molar-refractivity contribution in [2.45, 2.75) is 32.8 Å². The molecule has 1 aromatic carbocycles. The number of esters is 1. The standard InChI is InChI=1S/C14H17NO5/c1-8-6-9(2)12(7-11(8)15(17)18)20-13(10-4-5-10)14(16)19-3/h6-7,10,13H,4-5H2,1-3H3. The predicted octanol–water partition coefficient (Wildman–Crippen LogP) is 2.54. The molecule has 1 aliphatic rings. The minimum absolute atomic E-state index is 0.00925. The van der Waals surface area contributed by atoms with Crippen molar-refractivity contribution in [3.8, 4) is 5.75 Å². The number of carbonyl (C=O) groups is 1. The van der Waals surface area contributed by atoms with Gasteiger partial charge in [0.25, 0.3) is 5.69 Å².